The van der Waals surface area contributed by atoms with Crippen LogP contribution in [0.25, 0.3) is 0 Å². The SMILES string of the molecule is Cc1cc(Cl)c(NS(=O)(=O)c2cn[nH]c2)cc1Cl. The van der Waals surface area contributed by atoms with Gasteiger partial charge in [0, 0.05) is 11.2 Å². The summed E-state index contributed by atoms with van der Waals surface area (Å²) in [5.41, 5.74) is 1.00. The summed E-state index contributed by atoms with van der Waals surface area (Å²) in [7, 11) is -3.71. The van der Waals surface area contributed by atoms with E-state index >= 15 is 0 Å². The molecule has 2 aromatic rings. The highest BCUT2D eigenvalue weighted by molar-refractivity contribution is 7.92. The molecular weight excluding hydrogens is 297 g/mol. The van der Waals surface area contributed by atoms with E-state index in [9.17, 15) is 8.42 Å². The second kappa shape index (κ2) is 4.79. The van der Waals surface area contributed by atoms with Crippen LogP contribution >= 0.6 is 23.2 Å². The fraction of sp³-hybridized carbons (Fsp3) is 0.100. The van der Waals surface area contributed by atoms with Crippen molar-refractivity contribution in [2.24, 2.45) is 0 Å². The van der Waals surface area contributed by atoms with Crippen LogP contribution in [-0.2, 0) is 10.0 Å². The second-order valence-corrected chi connectivity index (χ2v) is 6.12. The van der Waals surface area contributed by atoms with E-state index in [1.165, 1.54) is 18.5 Å². The van der Waals surface area contributed by atoms with Crippen molar-refractivity contribution in [3.63, 3.8) is 0 Å². The van der Waals surface area contributed by atoms with Gasteiger partial charge in [0.15, 0.2) is 0 Å². The lowest BCUT2D eigenvalue weighted by Gasteiger charge is -2.09. The molecule has 0 saturated carbocycles. The first-order chi connectivity index (χ1) is 8.40. The average molecular weight is 306 g/mol. The van der Waals surface area contributed by atoms with Gasteiger partial charge in [0.2, 0.25) is 0 Å². The molecule has 0 aliphatic rings. The van der Waals surface area contributed by atoms with Gasteiger partial charge in [-0.2, -0.15) is 5.10 Å². The van der Waals surface area contributed by atoms with Gasteiger partial charge in [-0.25, -0.2) is 8.42 Å². The van der Waals surface area contributed by atoms with Crippen molar-refractivity contribution in [1.82, 2.24) is 10.2 Å². The van der Waals surface area contributed by atoms with Crippen LogP contribution in [0.4, 0.5) is 5.69 Å². The van der Waals surface area contributed by atoms with E-state index in [1.54, 1.807) is 13.0 Å². The lowest BCUT2D eigenvalue weighted by Crippen LogP contribution is -2.12. The minimum atomic E-state index is -3.71. The van der Waals surface area contributed by atoms with Crippen LogP contribution in [-0.4, -0.2) is 18.6 Å². The molecular formula is C10H9Cl2N3O2S. The molecule has 0 bridgehead atoms. The molecule has 0 spiro atoms. The molecule has 1 aromatic carbocycles. The van der Waals surface area contributed by atoms with Gasteiger partial charge in [-0.3, -0.25) is 9.82 Å². The Morgan fingerprint density at radius 2 is 2.00 bits per heavy atom. The van der Waals surface area contributed by atoms with E-state index in [4.69, 9.17) is 23.2 Å². The highest BCUT2D eigenvalue weighted by atomic mass is 35.5. The number of aromatic nitrogens is 2. The largest absolute Gasteiger partial charge is 0.284 e. The van der Waals surface area contributed by atoms with Crippen LogP contribution in [0.2, 0.25) is 10.0 Å². The molecule has 0 aliphatic carbocycles. The summed E-state index contributed by atoms with van der Waals surface area (Å²) in [6.45, 7) is 1.78. The Morgan fingerprint density at radius 3 is 2.61 bits per heavy atom. The number of aromatic amines is 1. The van der Waals surface area contributed by atoms with Crippen molar-refractivity contribution in [3.8, 4) is 0 Å². The summed E-state index contributed by atoms with van der Waals surface area (Å²) in [4.78, 5) is 0.0234. The Balaban J connectivity index is 2.39. The van der Waals surface area contributed by atoms with Crippen LogP contribution in [0, 0.1) is 6.92 Å². The zero-order chi connectivity index (χ0) is 13.3. The molecule has 5 nitrogen and oxygen atoms in total. The first kappa shape index (κ1) is 13.2. The number of anilines is 1. The number of rotatable bonds is 3. The Morgan fingerprint density at radius 1 is 1.28 bits per heavy atom. The van der Waals surface area contributed by atoms with E-state index in [2.05, 4.69) is 14.9 Å². The number of hydrogen-bond acceptors (Lipinski definition) is 3. The number of nitrogens with zero attached hydrogens (tertiary/aromatic N) is 1. The highest BCUT2D eigenvalue weighted by Gasteiger charge is 2.17. The number of halogens is 2. The quantitative estimate of drug-likeness (QED) is 0.915. The standard InChI is InChI=1S/C10H9Cl2N3O2S/c1-6-2-9(12)10(3-8(6)11)15-18(16,17)7-4-13-14-5-7/h2-5,15H,1H3,(H,13,14). The number of benzene rings is 1. The van der Waals surface area contributed by atoms with Gasteiger partial charge >= 0.3 is 0 Å². The third-order valence-corrected chi connectivity index (χ3v) is 4.33. The third-order valence-electron chi connectivity index (χ3n) is 2.28. The Kier molecular flexibility index (Phi) is 3.52. The average Bonchev–Trinajstić information content (AvgIpc) is 2.79. The number of H-pyrrole nitrogens is 1. The molecule has 8 heteroatoms. The maximum atomic E-state index is 11.9. The minimum absolute atomic E-state index is 0.0234. The normalized spacial score (nSPS) is 11.5. The van der Waals surface area contributed by atoms with Gasteiger partial charge in [0.25, 0.3) is 10.0 Å². The molecule has 1 heterocycles. The van der Waals surface area contributed by atoms with Crippen molar-refractivity contribution >= 4 is 38.9 Å². The van der Waals surface area contributed by atoms with Crippen molar-refractivity contribution in [2.75, 3.05) is 4.72 Å². The molecule has 2 N–H and O–H groups in total. The van der Waals surface area contributed by atoms with E-state index in [1.807, 2.05) is 0 Å². The number of nitrogens with one attached hydrogen (secondary N) is 2. The predicted molar refractivity (Wildman–Crippen MR) is 70.6 cm³/mol. The topological polar surface area (TPSA) is 74.8 Å². The second-order valence-electron chi connectivity index (χ2n) is 3.62. The molecule has 2 rings (SSSR count). The third kappa shape index (κ3) is 2.60. The van der Waals surface area contributed by atoms with Crippen molar-refractivity contribution < 1.29 is 8.42 Å². The Bertz CT molecular complexity index is 669. The molecule has 0 fully saturated rings. The summed E-state index contributed by atoms with van der Waals surface area (Å²) in [5.74, 6) is 0. The van der Waals surface area contributed by atoms with Crippen LogP contribution < -0.4 is 4.72 Å². The van der Waals surface area contributed by atoms with Crippen molar-refractivity contribution in [2.45, 2.75) is 11.8 Å². The summed E-state index contributed by atoms with van der Waals surface area (Å²) < 4.78 is 26.2. The first-order valence-corrected chi connectivity index (χ1v) is 7.11. The molecule has 0 aliphatic heterocycles. The zero-order valence-corrected chi connectivity index (χ0v) is 11.6. The summed E-state index contributed by atoms with van der Waals surface area (Å²) in [5, 5.41) is 6.73. The van der Waals surface area contributed by atoms with Crippen LogP contribution in [0.1, 0.15) is 5.56 Å². The predicted octanol–water partition coefficient (Wildman–Crippen LogP) is 2.83. The van der Waals surface area contributed by atoms with Gasteiger partial charge in [0.05, 0.1) is 16.9 Å². The molecule has 0 saturated heterocycles. The molecule has 0 atom stereocenters. The highest BCUT2D eigenvalue weighted by Crippen LogP contribution is 2.30. The Labute approximate surface area is 114 Å². The summed E-state index contributed by atoms with van der Waals surface area (Å²) >= 11 is 11.9. The van der Waals surface area contributed by atoms with Gasteiger partial charge in [-0.05, 0) is 24.6 Å². The number of aryl methyl sites for hydroxylation is 1. The Hall–Kier alpha value is -1.24. The fourth-order valence-corrected chi connectivity index (χ4v) is 2.77. The fourth-order valence-electron chi connectivity index (χ4n) is 1.31. The number of sulfonamides is 1. The maximum Gasteiger partial charge on any atom is 0.265 e. The molecule has 0 radical (unpaired) electrons. The molecule has 0 unspecified atom stereocenters. The molecule has 96 valence electrons. The van der Waals surface area contributed by atoms with Gasteiger partial charge in [-0.15, -0.1) is 0 Å². The first-order valence-electron chi connectivity index (χ1n) is 4.87. The summed E-state index contributed by atoms with van der Waals surface area (Å²) in [6, 6.07) is 3.06. The molecule has 0 amide bonds. The van der Waals surface area contributed by atoms with Gasteiger partial charge in [0.1, 0.15) is 4.90 Å². The summed E-state index contributed by atoms with van der Waals surface area (Å²) in [6.07, 6.45) is 2.47. The lowest BCUT2D eigenvalue weighted by atomic mass is 10.2. The monoisotopic (exact) mass is 305 g/mol. The maximum absolute atomic E-state index is 11.9. The van der Waals surface area contributed by atoms with Gasteiger partial charge in [-0.1, -0.05) is 23.2 Å². The number of hydrogen-bond donors (Lipinski definition) is 2. The van der Waals surface area contributed by atoms with Crippen LogP contribution in [0.3, 0.4) is 0 Å². The van der Waals surface area contributed by atoms with Crippen LogP contribution in [0.5, 0.6) is 0 Å². The van der Waals surface area contributed by atoms with E-state index in [0.717, 1.165) is 5.56 Å². The van der Waals surface area contributed by atoms with E-state index in [-0.39, 0.29) is 15.6 Å². The van der Waals surface area contributed by atoms with Crippen LogP contribution in [0.15, 0.2) is 29.4 Å². The van der Waals surface area contributed by atoms with E-state index in [0.29, 0.717) is 5.02 Å². The van der Waals surface area contributed by atoms with Gasteiger partial charge < -0.3 is 0 Å². The zero-order valence-electron chi connectivity index (χ0n) is 9.24. The lowest BCUT2D eigenvalue weighted by molar-refractivity contribution is 0.601. The smallest absolute Gasteiger partial charge is 0.265 e. The molecule has 1 aromatic heterocycles. The van der Waals surface area contributed by atoms with Crippen molar-refractivity contribution in [3.05, 3.63) is 40.1 Å². The minimum Gasteiger partial charge on any atom is -0.284 e. The van der Waals surface area contributed by atoms with E-state index < -0.39 is 10.0 Å². The molecule has 18 heavy (non-hydrogen) atoms. The van der Waals surface area contributed by atoms with Crippen molar-refractivity contribution in [1.29, 1.82) is 0 Å².